The number of rotatable bonds is 5. The Morgan fingerprint density at radius 2 is 0.482 bits per heavy atom. The first-order valence-corrected chi connectivity index (χ1v) is 43.8. The van der Waals surface area contributed by atoms with Crippen molar-refractivity contribution < 1.29 is 0 Å². The Hall–Kier alpha value is -7.54. The van der Waals surface area contributed by atoms with Crippen LogP contribution >= 0.6 is 0 Å². The monoisotopic (exact) mass is 1510 g/mol. The van der Waals surface area contributed by atoms with Gasteiger partial charge in [0.1, 0.15) is 0 Å². The molecule has 10 aromatic carbocycles. The summed E-state index contributed by atoms with van der Waals surface area (Å²) in [6.07, 6.45) is 10.5. The molecule has 1 aliphatic rings. The molecular weight excluding hydrogens is 1320 g/mol. The SMILES string of the molecule is CC.CC.CC.CC.CC.CC.CC.CC.CC.CC.CC.CC.CC(C)(C)C.CC(C)(C)c1ccccc1.CCC.CCC1(C)CCCC(C)(C)C1.CCc1ccccc1.Cc1ccccc1.Cc1ccccc1.c1ccc(-c2ccccc2)cc1.c1ccc(Cc2ccccc2)cc1.c1ccc2ccccc2c1. The lowest BCUT2D eigenvalue weighted by atomic mass is 9.63. The predicted molar refractivity (Wildman–Crippen MR) is 523 cm³/mol. The van der Waals surface area contributed by atoms with Gasteiger partial charge in [0.15, 0.2) is 0 Å². The van der Waals surface area contributed by atoms with E-state index in [2.05, 4.69) is 347 Å². The van der Waals surface area contributed by atoms with E-state index in [0.717, 1.165) is 12.8 Å². The Morgan fingerprint density at radius 3 is 0.655 bits per heavy atom. The fraction of sp³-hybridized carbons (Fsp3) is 0.473. The highest BCUT2D eigenvalue weighted by Crippen LogP contribution is 2.47. The largest absolute Gasteiger partial charge is 0.0683 e. The van der Waals surface area contributed by atoms with Crippen molar-refractivity contribution in [1.29, 1.82) is 0 Å². The van der Waals surface area contributed by atoms with Gasteiger partial charge in [0.2, 0.25) is 0 Å². The number of aryl methyl sites for hydroxylation is 3. The Bertz CT molecular complexity index is 2910. The lowest BCUT2D eigenvalue weighted by molar-refractivity contribution is 0.0957. The molecule has 110 heavy (non-hydrogen) atoms. The average Bonchev–Trinajstić information content (AvgIpc) is 0.836. The second-order valence-electron chi connectivity index (χ2n) is 26.1. The molecule has 0 heterocycles. The second-order valence-corrected chi connectivity index (χ2v) is 26.1. The summed E-state index contributed by atoms with van der Waals surface area (Å²) < 4.78 is 0. The number of benzene rings is 10. The molecule has 10 aromatic rings. The van der Waals surface area contributed by atoms with Crippen LogP contribution in [0.5, 0.6) is 0 Å². The van der Waals surface area contributed by atoms with E-state index < -0.39 is 0 Å². The Kier molecular flexibility index (Phi) is 112. The molecule has 1 atom stereocenters. The van der Waals surface area contributed by atoms with Gasteiger partial charge in [0.25, 0.3) is 0 Å². The van der Waals surface area contributed by atoms with E-state index in [4.69, 9.17) is 0 Å². The van der Waals surface area contributed by atoms with Crippen molar-refractivity contribution >= 4 is 10.8 Å². The zero-order chi connectivity index (χ0) is 87.4. The molecular formula is C110H184. The van der Waals surface area contributed by atoms with E-state index in [-0.39, 0.29) is 0 Å². The summed E-state index contributed by atoms with van der Waals surface area (Å²) in [7, 11) is 0. The molecule has 1 fully saturated rings. The van der Waals surface area contributed by atoms with Gasteiger partial charge in [-0.25, -0.2) is 0 Å². The molecule has 1 saturated carbocycles. The second kappa shape index (κ2) is 97.5. The summed E-state index contributed by atoms with van der Waals surface area (Å²) in [4.78, 5) is 0. The van der Waals surface area contributed by atoms with Crippen LogP contribution < -0.4 is 0 Å². The minimum Gasteiger partial charge on any atom is -0.0683 e. The van der Waals surface area contributed by atoms with Crippen LogP contribution in [0.3, 0.4) is 0 Å². The predicted octanol–water partition coefficient (Wildman–Crippen LogP) is 38.5. The third-order valence-electron chi connectivity index (χ3n) is 13.8. The number of hydrogen-bond acceptors (Lipinski definition) is 0. The molecule has 0 bridgehead atoms. The van der Waals surface area contributed by atoms with Gasteiger partial charge in [0, 0.05) is 0 Å². The smallest absolute Gasteiger partial charge is 0.00258 e. The van der Waals surface area contributed by atoms with Crippen LogP contribution in [-0.4, -0.2) is 0 Å². The fourth-order valence-corrected chi connectivity index (χ4v) is 9.17. The van der Waals surface area contributed by atoms with Crippen LogP contribution in [0.4, 0.5) is 0 Å². The summed E-state index contributed by atoms with van der Waals surface area (Å²) in [5, 5.41) is 2.62. The molecule has 0 N–H and O–H groups in total. The van der Waals surface area contributed by atoms with Crippen LogP contribution in [0, 0.1) is 30.1 Å². The van der Waals surface area contributed by atoms with Crippen molar-refractivity contribution in [2.24, 2.45) is 16.2 Å². The first-order chi connectivity index (χ1) is 53.1. The highest BCUT2D eigenvalue weighted by Gasteiger charge is 2.34. The van der Waals surface area contributed by atoms with E-state index in [1.54, 1.807) is 0 Å². The molecule has 0 amide bonds. The highest BCUT2D eigenvalue weighted by molar-refractivity contribution is 5.82. The van der Waals surface area contributed by atoms with Gasteiger partial charge in [-0.3, -0.25) is 0 Å². The maximum atomic E-state index is 2.45. The van der Waals surface area contributed by atoms with Gasteiger partial charge < -0.3 is 0 Å². The van der Waals surface area contributed by atoms with E-state index in [1.807, 2.05) is 221 Å². The molecule has 11 rings (SSSR count). The third kappa shape index (κ3) is 86.1. The van der Waals surface area contributed by atoms with Crippen molar-refractivity contribution in [1.82, 2.24) is 0 Å². The number of hydrogen-bond donors (Lipinski definition) is 0. The van der Waals surface area contributed by atoms with Crippen LogP contribution in [-0.2, 0) is 18.3 Å². The van der Waals surface area contributed by atoms with Crippen LogP contribution in [0.25, 0.3) is 21.9 Å². The van der Waals surface area contributed by atoms with Crippen molar-refractivity contribution in [3.05, 3.63) is 325 Å². The molecule has 0 radical (unpaired) electrons. The number of fused-ring (bicyclic) bond motifs is 1. The molecule has 0 saturated heterocycles. The van der Waals surface area contributed by atoms with Crippen molar-refractivity contribution in [2.45, 2.75) is 334 Å². The van der Waals surface area contributed by atoms with Crippen LogP contribution in [0.2, 0.25) is 0 Å². The fourth-order valence-electron chi connectivity index (χ4n) is 9.17. The first kappa shape index (κ1) is 126. The van der Waals surface area contributed by atoms with Crippen molar-refractivity contribution in [3.63, 3.8) is 0 Å². The summed E-state index contributed by atoms with van der Waals surface area (Å²) in [6, 6.07) is 100. The molecule has 0 aromatic heterocycles. The summed E-state index contributed by atoms with van der Waals surface area (Å²) >= 11 is 0. The minimum atomic E-state index is 0.293. The molecule has 0 heteroatoms. The molecule has 0 aliphatic heterocycles. The van der Waals surface area contributed by atoms with E-state index in [0.29, 0.717) is 21.7 Å². The van der Waals surface area contributed by atoms with Crippen LogP contribution in [0.1, 0.15) is 335 Å². The van der Waals surface area contributed by atoms with Gasteiger partial charge in [0.05, 0.1) is 0 Å². The molecule has 624 valence electrons. The van der Waals surface area contributed by atoms with Gasteiger partial charge in [-0.1, -0.05) is 585 Å². The Balaban J connectivity index is -0.000000108. The zero-order valence-electron chi connectivity index (χ0n) is 80.4. The van der Waals surface area contributed by atoms with Crippen molar-refractivity contribution in [2.75, 3.05) is 0 Å². The van der Waals surface area contributed by atoms with E-state index in [9.17, 15) is 0 Å². The van der Waals surface area contributed by atoms with Gasteiger partial charge in [-0.15, -0.1) is 0 Å². The summed E-state index contributed by atoms with van der Waals surface area (Å²) in [5.41, 5.74) is 12.8. The first-order valence-electron chi connectivity index (χ1n) is 43.8. The highest BCUT2D eigenvalue weighted by atomic mass is 14.4. The van der Waals surface area contributed by atoms with Crippen LogP contribution in [0.15, 0.2) is 291 Å². The molecule has 1 unspecified atom stereocenters. The normalized spacial score (nSPS) is 11.0. The quantitative estimate of drug-likeness (QED) is 0.161. The third-order valence-corrected chi connectivity index (χ3v) is 13.8. The average molecular weight is 1510 g/mol. The van der Waals surface area contributed by atoms with Gasteiger partial charge in [-0.05, 0) is 112 Å². The molecule has 0 spiro atoms. The topological polar surface area (TPSA) is 0 Å². The molecule has 0 nitrogen and oxygen atoms in total. The molecule has 1 aliphatic carbocycles. The summed E-state index contributed by atoms with van der Waals surface area (Å²) in [6.45, 7) is 83.6. The minimum absolute atomic E-state index is 0.293. The zero-order valence-corrected chi connectivity index (χ0v) is 80.4. The lowest BCUT2D eigenvalue weighted by Crippen LogP contribution is -2.30. The maximum Gasteiger partial charge on any atom is -0.00258 e. The Labute approximate surface area is 692 Å². The van der Waals surface area contributed by atoms with Gasteiger partial charge in [-0.2, -0.15) is 0 Å². The van der Waals surface area contributed by atoms with E-state index in [1.165, 1.54) is 93.8 Å². The van der Waals surface area contributed by atoms with E-state index >= 15 is 0 Å². The van der Waals surface area contributed by atoms with Gasteiger partial charge >= 0.3 is 0 Å². The summed E-state index contributed by atoms with van der Waals surface area (Å²) in [5.74, 6) is 0. The van der Waals surface area contributed by atoms with Crippen molar-refractivity contribution in [3.8, 4) is 11.1 Å². The standard InChI is InChI=1S/C13H12.C12H10.C11H22.C10H8.C10H14.C8H10.2C7H8.C5H12.C3H8.12C2H6/c1-3-7-12(8-4-1)11-13-9-5-2-6-10-13;1-3-7-11(8-4-1)12-9-5-2-6-10-12;1-5-11(4)8-6-7-10(2,3)9-11;1-2-6-10-8-4-3-7-9(10)5-1;1-10(2,3)9-7-5-4-6-8-9;1-2-8-6-4-3-5-7-8;2*1-7-5-3-2-4-6-7;1-5(2,3)4;1-3-2;12*1-2/h1-10H,11H2;1-10H;5-9H2,1-4H3;1-8H;4-8H,1-3H3;3-7H,2H2,1H3;2*2-6H,1H3;1-4H3;3H2,1-2H3;12*1-2H3. The Morgan fingerprint density at radius 1 is 0.273 bits per heavy atom. The maximum absolute atomic E-state index is 2.45. The lowest BCUT2D eigenvalue weighted by Gasteiger charge is -2.42.